The lowest BCUT2D eigenvalue weighted by atomic mass is 9.88. The molecule has 0 aliphatic heterocycles. The number of aromatic nitrogens is 1. The lowest BCUT2D eigenvalue weighted by Gasteiger charge is -2.19. The van der Waals surface area contributed by atoms with Gasteiger partial charge in [-0.3, -0.25) is 0 Å². The summed E-state index contributed by atoms with van der Waals surface area (Å²) in [6.45, 7) is 2.16. The number of hydrogen-bond donors (Lipinski definition) is 1. The van der Waals surface area contributed by atoms with Gasteiger partial charge < -0.3 is 5.73 Å². The third kappa shape index (κ3) is 4.69. The van der Waals surface area contributed by atoms with E-state index >= 15 is 0 Å². The molecule has 1 aromatic carbocycles. The van der Waals surface area contributed by atoms with Crippen LogP contribution in [0.25, 0.3) is 11.1 Å². The minimum absolute atomic E-state index is 0.387. The molecule has 2 aromatic rings. The topological polar surface area (TPSA) is 62.7 Å². The summed E-state index contributed by atoms with van der Waals surface area (Å²) in [5, 5.41) is 9.80. The minimum Gasteiger partial charge on any atom is -0.383 e. The molecule has 3 nitrogen and oxygen atoms in total. The summed E-state index contributed by atoms with van der Waals surface area (Å²) in [5.41, 5.74) is 12.6. The van der Waals surface area contributed by atoms with E-state index in [-0.39, 0.29) is 0 Å². The van der Waals surface area contributed by atoms with Crippen LogP contribution in [-0.2, 0) is 19.3 Å². The second-order valence-corrected chi connectivity index (χ2v) is 7.66. The Labute approximate surface area is 163 Å². The summed E-state index contributed by atoms with van der Waals surface area (Å²) in [6.07, 6.45) is 13.1. The third-order valence-corrected chi connectivity index (χ3v) is 5.76. The summed E-state index contributed by atoms with van der Waals surface area (Å²) in [7, 11) is 0. The van der Waals surface area contributed by atoms with E-state index in [4.69, 9.17) is 5.73 Å². The molecule has 1 aliphatic rings. The molecule has 0 spiro atoms. The molecule has 3 rings (SSSR count). The molecule has 0 saturated heterocycles. The monoisotopic (exact) mass is 361 g/mol. The second-order valence-electron chi connectivity index (χ2n) is 7.66. The number of hydrogen-bond acceptors (Lipinski definition) is 3. The first-order valence-corrected chi connectivity index (χ1v) is 10.5. The van der Waals surface area contributed by atoms with Crippen molar-refractivity contribution in [3.05, 3.63) is 46.6 Å². The molecule has 0 bridgehead atoms. The Morgan fingerprint density at radius 1 is 0.926 bits per heavy atom. The number of anilines is 1. The number of nitrogens with zero attached hydrogens (tertiary/aromatic N) is 2. The van der Waals surface area contributed by atoms with Gasteiger partial charge in [-0.2, -0.15) is 5.26 Å². The van der Waals surface area contributed by atoms with Gasteiger partial charge in [0.05, 0.1) is 0 Å². The average molecular weight is 362 g/mol. The SMILES string of the molecule is CCc1ccc(-c2c(C#N)c(N)nc3c2CCCCCCCCCC3)cc1. The first-order valence-electron chi connectivity index (χ1n) is 10.5. The fraction of sp³-hybridized carbons (Fsp3) is 0.500. The Kier molecular flexibility index (Phi) is 6.87. The van der Waals surface area contributed by atoms with Gasteiger partial charge in [0, 0.05) is 11.3 Å². The van der Waals surface area contributed by atoms with Crippen LogP contribution in [0.5, 0.6) is 0 Å². The lowest BCUT2D eigenvalue weighted by Crippen LogP contribution is -2.09. The molecule has 1 aromatic heterocycles. The number of nitriles is 1. The molecule has 3 heteroatoms. The maximum atomic E-state index is 9.80. The van der Waals surface area contributed by atoms with Crippen molar-refractivity contribution in [3.8, 4) is 17.2 Å². The van der Waals surface area contributed by atoms with E-state index in [1.54, 1.807) is 0 Å². The van der Waals surface area contributed by atoms with Crippen LogP contribution in [0.3, 0.4) is 0 Å². The summed E-state index contributed by atoms with van der Waals surface area (Å²) >= 11 is 0. The van der Waals surface area contributed by atoms with Gasteiger partial charge in [-0.1, -0.05) is 69.7 Å². The number of pyridine rings is 1. The molecular formula is C24H31N3. The Morgan fingerprint density at radius 3 is 2.11 bits per heavy atom. The van der Waals surface area contributed by atoms with Crippen molar-refractivity contribution in [3.63, 3.8) is 0 Å². The van der Waals surface area contributed by atoms with Gasteiger partial charge in [0.25, 0.3) is 0 Å². The van der Waals surface area contributed by atoms with Crippen LogP contribution in [0.2, 0.25) is 0 Å². The number of aryl methyl sites for hydroxylation is 2. The van der Waals surface area contributed by atoms with E-state index in [1.165, 1.54) is 49.7 Å². The quantitative estimate of drug-likeness (QED) is 0.715. The van der Waals surface area contributed by atoms with Crippen molar-refractivity contribution in [1.29, 1.82) is 5.26 Å². The van der Waals surface area contributed by atoms with Gasteiger partial charge in [0.15, 0.2) is 0 Å². The zero-order valence-corrected chi connectivity index (χ0v) is 16.6. The van der Waals surface area contributed by atoms with Crippen LogP contribution >= 0.6 is 0 Å². The first-order chi connectivity index (χ1) is 13.2. The van der Waals surface area contributed by atoms with Gasteiger partial charge in [-0.05, 0) is 48.8 Å². The number of nitrogens with two attached hydrogens (primary N) is 1. The summed E-state index contributed by atoms with van der Waals surface area (Å²) in [6, 6.07) is 11.0. The normalized spacial score (nSPS) is 15.9. The predicted octanol–water partition coefficient (Wildman–Crippen LogP) is 5.98. The molecular weight excluding hydrogens is 330 g/mol. The van der Waals surface area contributed by atoms with Crippen LogP contribution in [0.4, 0.5) is 5.82 Å². The summed E-state index contributed by atoms with van der Waals surface area (Å²) in [4.78, 5) is 4.69. The van der Waals surface area contributed by atoms with Crippen LogP contribution in [0.15, 0.2) is 24.3 Å². The highest BCUT2D eigenvalue weighted by atomic mass is 14.9. The van der Waals surface area contributed by atoms with E-state index in [0.717, 1.165) is 48.9 Å². The summed E-state index contributed by atoms with van der Waals surface area (Å²) in [5.74, 6) is 0.387. The average Bonchev–Trinajstić information content (AvgIpc) is 2.68. The first kappa shape index (κ1) is 19.4. The van der Waals surface area contributed by atoms with E-state index < -0.39 is 0 Å². The Morgan fingerprint density at radius 2 is 1.52 bits per heavy atom. The van der Waals surface area contributed by atoms with Crippen molar-refractivity contribution >= 4 is 5.82 Å². The van der Waals surface area contributed by atoms with Gasteiger partial charge in [-0.15, -0.1) is 0 Å². The van der Waals surface area contributed by atoms with E-state index in [2.05, 4.69) is 42.2 Å². The molecule has 0 atom stereocenters. The Hall–Kier alpha value is -2.34. The molecule has 2 N–H and O–H groups in total. The number of benzene rings is 1. The van der Waals surface area contributed by atoms with E-state index in [0.29, 0.717) is 11.4 Å². The molecule has 1 aliphatic carbocycles. The highest BCUT2D eigenvalue weighted by Crippen LogP contribution is 2.34. The molecule has 1 heterocycles. The molecule has 0 amide bonds. The standard InChI is InChI=1S/C24H31N3/c1-2-18-13-15-19(16-14-18)23-20-11-9-7-5-3-4-6-8-10-12-22(20)27-24(26)21(23)17-25/h13-16H,2-12H2,1H3,(H2,26,27). The minimum atomic E-state index is 0.387. The van der Waals surface area contributed by atoms with E-state index in [1.807, 2.05) is 0 Å². The van der Waals surface area contributed by atoms with Gasteiger partial charge in [0.1, 0.15) is 17.5 Å². The van der Waals surface area contributed by atoms with Crippen molar-refractivity contribution in [2.45, 2.75) is 77.6 Å². The maximum absolute atomic E-state index is 9.80. The van der Waals surface area contributed by atoms with Crippen LogP contribution in [0.1, 0.15) is 80.7 Å². The highest BCUT2D eigenvalue weighted by molar-refractivity contribution is 5.79. The van der Waals surface area contributed by atoms with Crippen LogP contribution in [-0.4, -0.2) is 4.98 Å². The number of fused-ring (bicyclic) bond motifs is 1. The van der Waals surface area contributed by atoms with Crippen molar-refractivity contribution in [2.24, 2.45) is 0 Å². The fourth-order valence-corrected chi connectivity index (χ4v) is 4.16. The Bertz CT molecular complexity index is 800. The zero-order chi connectivity index (χ0) is 19.1. The number of rotatable bonds is 2. The fourth-order valence-electron chi connectivity index (χ4n) is 4.16. The van der Waals surface area contributed by atoms with Crippen LogP contribution in [0, 0.1) is 11.3 Å². The molecule has 0 fully saturated rings. The van der Waals surface area contributed by atoms with Crippen molar-refractivity contribution < 1.29 is 0 Å². The largest absolute Gasteiger partial charge is 0.383 e. The van der Waals surface area contributed by atoms with Gasteiger partial charge in [0.2, 0.25) is 0 Å². The van der Waals surface area contributed by atoms with Crippen molar-refractivity contribution in [1.82, 2.24) is 4.98 Å². The lowest BCUT2D eigenvalue weighted by molar-refractivity contribution is 0.557. The second kappa shape index (κ2) is 9.55. The van der Waals surface area contributed by atoms with Crippen LogP contribution < -0.4 is 5.73 Å². The molecule has 0 unspecified atom stereocenters. The zero-order valence-electron chi connectivity index (χ0n) is 16.6. The smallest absolute Gasteiger partial charge is 0.142 e. The third-order valence-electron chi connectivity index (χ3n) is 5.76. The molecule has 0 radical (unpaired) electrons. The van der Waals surface area contributed by atoms with E-state index in [9.17, 15) is 5.26 Å². The molecule has 142 valence electrons. The van der Waals surface area contributed by atoms with Crippen molar-refractivity contribution in [2.75, 3.05) is 5.73 Å². The van der Waals surface area contributed by atoms with Gasteiger partial charge in [-0.25, -0.2) is 4.98 Å². The maximum Gasteiger partial charge on any atom is 0.142 e. The predicted molar refractivity (Wildman–Crippen MR) is 113 cm³/mol. The Balaban J connectivity index is 2.09. The molecule has 27 heavy (non-hydrogen) atoms. The number of nitrogen functional groups attached to an aromatic ring is 1. The highest BCUT2D eigenvalue weighted by Gasteiger charge is 2.19. The summed E-state index contributed by atoms with van der Waals surface area (Å²) < 4.78 is 0. The molecule has 0 saturated carbocycles. The van der Waals surface area contributed by atoms with Gasteiger partial charge >= 0.3 is 0 Å².